The molecule has 2 fully saturated rings. The summed E-state index contributed by atoms with van der Waals surface area (Å²) >= 11 is 7.21. The van der Waals surface area contributed by atoms with E-state index in [-0.39, 0.29) is 29.4 Å². The van der Waals surface area contributed by atoms with Gasteiger partial charge in [-0.25, -0.2) is 8.42 Å². The number of carbonyl (C=O) groups excluding carboxylic acids is 1. The molecule has 9 heteroatoms. The standard InChI is InChI=1S/C21H21ClN2O4S2/c1-13-7-14(2)9-16(8-13)24-18-11-30(26,27)12-19(18)29-21(24)23-20(25)10-28-17-5-3-15(22)4-6-17/h3-9,18-19H,10-12H2,1-2H3. The smallest absolute Gasteiger partial charge is 0.285 e. The zero-order valence-corrected chi connectivity index (χ0v) is 18.9. The van der Waals surface area contributed by atoms with Crippen molar-refractivity contribution in [1.82, 2.24) is 0 Å². The maximum atomic E-state index is 12.5. The Labute approximate surface area is 185 Å². The van der Waals surface area contributed by atoms with Crippen LogP contribution in [0.1, 0.15) is 11.1 Å². The Morgan fingerprint density at radius 1 is 1.17 bits per heavy atom. The number of sulfone groups is 1. The number of ether oxygens (including phenoxy) is 1. The minimum absolute atomic E-state index is 0.0616. The van der Waals surface area contributed by atoms with E-state index < -0.39 is 15.7 Å². The normalized spacial score (nSPS) is 23.6. The van der Waals surface area contributed by atoms with Crippen LogP contribution in [0, 0.1) is 13.8 Å². The Morgan fingerprint density at radius 2 is 1.83 bits per heavy atom. The number of amidine groups is 1. The monoisotopic (exact) mass is 464 g/mol. The van der Waals surface area contributed by atoms with Crippen molar-refractivity contribution >= 4 is 50.0 Å². The summed E-state index contributed by atoms with van der Waals surface area (Å²) in [5.74, 6) is 0.260. The number of hydrogen-bond donors (Lipinski definition) is 0. The fraction of sp³-hybridized carbons (Fsp3) is 0.333. The van der Waals surface area contributed by atoms with Crippen molar-refractivity contribution in [2.75, 3.05) is 23.0 Å². The molecule has 2 aliphatic heterocycles. The summed E-state index contributed by atoms with van der Waals surface area (Å²) in [5.41, 5.74) is 2.99. The number of carbonyl (C=O) groups is 1. The maximum Gasteiger partial charge on any atom is 0.285 e. The van der Waals surface area contributed by atoms with Crippen LogP contribution in [0.3, 0.4) is 0 Å². The minimum Gasteiger partial charge on any atom is -0.484 e. The fourth-order valence-corrected chi connectivity index (χ4v) is 7.83. The van der Waals surface area contributed by atoms with Crippen LogP contribution < -0.4 is 9.64 Å². The van der Waals surface area contributed by atoms with Crippen molar-refractivity contribution in [3.05, 3.63) is 58.6 Å². The summed E-state index contributed by atoms with van der Waals surface area (Å²) in [6.07, 6.45) is 0. The summed E-state index contributed by atoms with van der Waals surface area (Å²) in [7, 11) is -3.11. The van der Waals surface area contributed by atoms with Gasteiger partial charge in [-0.15, -0.1) is 0 Å². The number of benzene rings is 2. The molecule has 2 saturated heterocycles. The zero-order chi connectivity index (χ0) is 21.5. The number of fused-ring (bicyclic) bond motifs is 1. The summed E-state index contributed by atoms with van der Waals surface area (Å²) in [4.78, 5) is 18.7. The largest absolute Gasteiger partial charge is 0.484 e. The Kier molecular flexibility index (Phi) is 5.83. The van der Waals surface area contributed by atoms with Crippen LogP contribution in [0.15, 0.2) is 47.5 Å². The molecule has 0 aromatic heterocycles. The predicted octanol–water partition coefficient (Wildman–Crippen LogP) is 3.64. The van der Waals surface area contributed by atoms with E-state index in [2.05, 4.69) is 11.1 Å². The van der Waals surface area contributed by atoms with Gasteiger partial charge in [-0.3, -0.25) is 4.79 Å². The average molecular weight is 465 g/mol. The van der Waals surface area contributed by atoms with Gasteiger partial charge in [0.05, 0.1) is 17.5 Å². The van der Waals surface area contributed by atoms with Crippen LogP contribution in [0.25, 0.3) is 0 Å². The number of halogens is 1. The number of hydrogen-bond acceptors (Lipinski definition) is 5. The fourth-order valence-electron chi connectivity index (χ4n) is 3.77. The Bertz CT molecular complexity index is 1100. The van der Waals surface area contributed by atoms with Gasteiger partial charge < -0.3 is 9.64 Å². The molecule has 0 N–H and O–H groups in total. The number of rotatable bonds is 4. The van der Waals surface area contributed by atoms with Gasteiger partial charge in [-0.2, -0.15) is 4.99 Å². The molecule has 0 radical (unpaired) electrons. The first kappa shape index (κ1) is 21.2. The molecule has 2 aromatic rings. The van der Waals surface area contributed by atoms with E-state index in [9.17, 15) is 13.2 Å². The quantitative estimate of drug-likeness (QED) is 0.687. The molecule has 2 aliphatic rings. The molecule has 0 spiro atoms. The average Bonchev–Trinajstić information content (AvgIpc) is 3.11. The molecule has 2 unspecified atom stereocenters. The first-order valence-electron chi connectivity index (χ1n) is 9.45. The minimum atomic E-state index is -3.11. The third-order valence-corrected chi connectivity index (χ3v) is 8.41. The molecular weight excluding hydrogens is 444 g/mol. The lowest BCUT2D eigenvalue weighted by molar-refractivity contribution is -0.119. The third-order valence-electron chi connectivity index (χ3n) is 4.95. The number of amides is 1. The van der Waals surface area contributed by atoms with Gasteiger partial charge >= 0.3 is 0 Å². The molecule has 2 aromatic carbocycles. The second-order valence-corrected chi connectivity index (χ2v) is 11.3. The van der Waals surface area contributed by atoms with Crippen molar-refractivity contribution in [3.8, 4) is 5.75 Å². The molecule has 158 valence electrons. The lowest BCUT2D eigenvalue weighted by atomic mass is 10.1. The molecule has 6 nitrogen and oxygen atoms in total. The van der Waals surface area contributed by atoms with Crippen molar-refractivity contribution < 1.29 is 17.9 Å². The van der Waals surface area contributed by atoms with Gasteiger partial charge in [-0.1, -0.05) is 29.4 Å². The Morgan fingerprint density at radius 3 is 2.50 bits per heavy atom. The van der Waals surface area contributed by atoms with Crippen molar-refractivity contribution in [2.45, 2.75) is 25.1 Å². The van der Waals surface area contributed by atoms with E-state index in [0.717, 1.165) is 16.8 Å². The van der Waals surface area contributed by atoms with Crippen molar-refractivity contribution in [2.24, 2.45) is 4.99 Å². The van der Waals surface area contributed by atoms with Crippen LogP contribution in [-0.4, -0.2) is 48.9 Å². The number of aliphatic imine (C=N–C) groups is 1. The van der Waals surface area contributed by atoms with Crippen molar-refractivity contribution in [3.63, 3.8) is 0 Å². The molecule has 2 heterocycles. The molecule has 4 rings (SSSR count). The SMILES string of the molecule is Cc1cc(C)cc(N2C(=NC(=O)COc3ccc(Cl)cc3)SC3CS(=O)(=O)CC32)c1. The highest BCUT2D eigenvalue weighted by Gasteiger charge is 2.49. The van der Waals surface area contributed by atoms with Gasteiger partial charge in [0, 0.05) is 16.0 Å². The van der Waals surface area contributed by atoms with E-state index in [0.29, 0.717) is 15.9 Å². The van der Waals surface area contributed by atoms with Crippen LogP contribution in [-0.2, 0) is 14.6 Å². The zero-order valence-electron chi connectivity index (χ0n) is 16.5. The topological polar surface area (TPSA) is 76.0 Å². The molecular formula is C21H21ClN2O4S2. The molecule has 0 bridgehead atoms. The summed E-state index contributed by atoms with van der Waals surface area (Å²) < 4.78 is 29.9. The van der Waals surface area contributed by atoms with Gasteiger partial charge in [0.1, 0.15) is 5.75 Å². The van der Waals surface area contributed by atoms with E-state index in [1.807, 2.05) is 30.9 Å². The van der Waals surface area contributed by atoms with Crippen LogP contribution >= 0.6 is 23.4 Å². The number of thioether (sulfide) groups is 1. The van der Waals surface area contributed by atoms with E-state index in [4.69, 9.17) is 16.3 Å². The lowest BCUT2D eigenvalue weighted by Gasteiger charge is -2.25. The van der Waals surface area contributed by atoms with E-state index in [1.54, 1.807) is 24.3 Å². The van der Waals surface area contributed by atoms with Gasteiger partial charge in [0.2, 0.25) is 0 Å². The Balaban J connectivity index is 1.58. The first-order valence-corrected chi connectivity index (χ1v) is 12.5. The predicted molar refractivity (Wildman–Crippen MR) is 122 cm³/mol. The van der Waals surface area contributed by atoms with Crippen LogP contribution in [0.4, 0.5) is 5.69 Å². The first-order chi connectivity index (χ1) is 14.2. The third kappa shape index (κ3) is 4.66. The highest BCUT2D eigenvalue weighted by molar-refractivity contribution is 8.16. The van der Waals surface area contributed by atoms with Gasteiger partial charge in [0.15, 0.2) is 21.6 Å². The highest BCUT2D eigenvalue weighted by Crippen LogP contribution is 2.41. The van der Waals surface area contributed by atoms with Gasteiger partial charge in [-0.05, 0) is 61.4 Å². The lowest BCUT2D eigenvalue weighted by Crippen LogP contribution is -2.38. The Hall–Kier alpha value is -2.03. The summed E-state index contributed by atoms with van der Waals surface area (Å²) in [6, 6.07) is 12.5. The summed E-state index contributed by atoms with van der Waals surface area (Å²) in [6.45, 7) is 3.77. The number of anilines is 1. The molecule has 2 atom stereocenters. The number of nitrogens with zero attached hydrogens (tertiary/aromatic N) is 2. The molecule has 0 saturated carbocycles. The second kappa shape index (κ2) is 8.24. The molecule has 0 aliphatic carbocycles. The molecule has 30 heavy (non-hydrogen) atoms. The maximum absolute atomic E-state index is 12.5. The summed E-state index contributed by atoms with van der Waals surface area (Å²) in [5, 5.41) is 0.969. The van der Waals surface area contributed by atoms with Gasteiger partial charge in [0.25, 0.3) is 5.91 Å². The molecule has 1 amide bonds. The van der Waals surface area contributed by atoms with Crippen molar-refractivity contribution in [1.29, 1.82) is 0 Å². The second-order valence-electron chi connectivity index (χ2n) is 7.55. The van der Waals surface area contributed by atoms with E-state index in [1.165, 1.54) is 11.8 Å². The highest BCUT2D eigenvalue weighted by atomic mass is 35.5. The van der Waals surface area contributed by atoms with Crippen LogP contribution in [0.5, 0.6) is 5.75 Å². The van der Waals surface area contributed by atoms with Crippen LogP contribution in [0.2, 0.25) is 5.02 Å². The van der Waals surface area contributed by atoms with E-state index >= 15 is 0 Å². The number of aryl methyl sites for hydroxylation is 2.